The Kier molecular flexibility index (Phi) is 9.61. The zero-order valence-electron chi connectivity index (χ0n) is 31.6. The number of rotatable bonds is 2. The third kappa shape index (κ3) is 6.83. The van der Waals surface area contributed by atoms with Crippen LogP contribution in [0.1, 0.15) is 122 Å². The first-order valence-electron chi connectivity index (χ1n) is 18.0. The van der Waals surface area contributed by atoms with Crippen molar-refractivity contribution >= 4 is 25.6 Å². The molecule has 0 aromatic heterocycles. The summed E-state index contributed by atoms with van der Waals surface area (Å²) in [6, 6.07) is 24.7. The molecule has 248 valence electrons. The zero-order valence-corrected chi connectivity index (χ0v) is 34.0. The molecule has 1 atom stereocenters. The molecule has 0 saturated carbocycles. The summed E-state index contributed by atoms with van der Waals surface area (Å²) < 4.78 is 2.23. The Bertz CT molecular complexity index is 2010. The molecule has 0 nitrogen and oxygen atoms in total. The van der Waals surface area contributed by atoms with Gasteiger partial charge in [0, 0.05) is 5.41 Å². The third-order valence-corrected chi connectivity index (χ3v) is 11.5. The van der Waals surface area contributed by atoms with Crippen molar-refractivity contribution in [1.82, 2.24) is 0 Å². The van der Waals surface area contributed by atoms with Crippen molar-refractivity contribution in [2.45, 2.75) is 99.8 Å². The summed E-state index contributed by atoms with van der Waals surface area (Å²) in [5.74, 6) is 0.522. The summed E-state index contributed by atoms with van der Waals surface area (Å²) in [5, 5.41) is 2.69. The molecule has 1 heteroatoms. The van der Waals surface area contributed by atoms with E-state index in [2.05, 4.69) is 171 Å². The molecule has 0 heterocycles. The second-order valence-electron chi connectivity index (χ2n) is 16.5. The van der Waals surface area contributed by atoms with Crippen LogP contribution in [0, 0.1) is 23.5 Å². The van der Waals surface area contributed by atoms with E-state index in [1.165, 1.54) is 107 Å². The van der Waals surface area contributed by atoms with Gasteiger partial charge in [0.1, 0.15) is 0 Å². The van der Waals surface area contributed by atoms with Crippen molar-refractivity contribution in [3.05, 3.63) is 141 Å². The van der Waals surface area contributed by atoms with Crippen molar-refractivity contribution in [3.8, 4) is 11.1 Å². The maximum absolute atomic E-state index is 3.65. The number of hydrogen-bond donors (Lipinski definition) is 0. The molecular formula is C48H52Zr. The van der Waals surface area contributed by atoms with E-state index < -0.39 is 0 Å². The second kappa shape index (κ2) is 13.2. The SMILES string of the molecule is CC1=[C-]C(C)(C)c2cc3c(cc21)-c1cc2c(cc1C3)C(C)(C)C=C2C.CCC1=[C-]C(C)C=C1C(C)(C)C.[Zr+2]=[CH]c1cccc2ccccc12. The Balaban J connectivity index is 0.000000145. The maximum atomic E-state index is 3.65. The number of fused-ring (bicyclic) bond motifs is 6. The Morgan fingerprint density at radius 3 is 2.10 bits per heavy atom. The van der Waals surface area contributed by atoms with Gasteiger partial charge in [0.2, 0.25) is 0 Å². The molecule has 0 saturated heterocycles. The second-order valence-corrected chi connectivity index (χ2v) is 17.2. The number of benzene rings is 4. The monoisotopic (exact) mass is 718 g/mol. The van der Waals surface area contributed by atoms with E-state index >= 15 is 0 Å². The normalized spacial score (nSPS) is 18.8. The first-order chi connectivity index (χ1) is 23.0. The fourth-order valence-corrected chi connectivity index (χ4v) is 9.01. The van der Waals surface area contributed by atoms with Crippen LogP contribution in [0.2, 0.25) is 0 Å². The molecule has 0 bridgehead atoms. The van der Waals surface area contributed by atoms with Gasteiger partial charge in [0.25, 0.3) is 0 Å². The third-order valence-electron chi connectivity index (χ3n) is 10.7. The fourth-order valence-electron chi connectivity index (χ4n) is 8.39. The van der Waals surface area contributed by atoms with E-state index in [0.29, 0.717) is 11.3 Å². The predicted octanol–water partition coefficient (Wildman–Crippen LogP) is 12.7. The van der Waals surface area contributed by atoms with Crippen molar-refractivity contribution in [2.24, 2.45) is 11.3 Å². The summed E-state index contributed by atoms with van der Waals surface area (Å²) in [6.07, 6.45) is 14.1. The van der Waals surface area contributed by atoms with Crippen molar-refractivity contribution in [2.75, 3.05) is 0 Å². The molecule has 0 radical (unpaired) electrons. The van der Waals surface area contributed by atoms with E-state index in [-0.39, 0.29) is 10.8 Å². The van der Waals surface area contributed by atoms with E-state index in [1.54, 1.807) is 0 Å². The molecule has 0 fully saturated rings. The molecule has 8 rings (SSSR count). The minimum absolute atomic E-state index is 0.0340. The van der Waals surface area contributed by atoms with Crippen LogP contribution < -0.4 is 0 Å². The molecule has 0 aliphatic heterocycles. The van der Waals surface area contributed by atoms with Crippen LogP contribution in [0.5, 0.6) is 0 Å². The summed E-state index contributed by atoms with van der Waals surface area (Å²) in [6.45, 7) is 24.9. The van der Waals surface area contributed by atoms with Crippen LogP contribution >= 0.6 is 0 Å². The van der Waals surface area contributed by atoms with Gasteiger partial charge in [0.15, 0.2) is 0 Å². The summed E-state index contributed by atoms with van der Waals surface area (Å²) in [5.41, 5.74) is 19.1. The molecule has 4 aromatic rings. The van der Waals surface area contributed by atoms with Crippen molar-refractivity contribution < 1.29 is 24.2 Å². The Morgan fingerprint density at radius 1 is 0.837 bits per heavy atom. The standard InChI is InChI=1S/C25H25.C12H19.C11H8.Zr/c1-14-12-24(3,4)22-8-16-7-17-9-23-19(15(2)13-25(23,5)6)11-21(17)20(16)10-18(14)22;1-6-10-7-9(2)8-11(10)12(3,4)5;1-9-5-4-7-10-6-2-3-8-11(9)10;/h8-12H,7H2,1-6H3;8-9H,6H2,1-5H3;1-8H;/q2*-1;;+2. The van der Waals surface area contributed by atoms with E-state index in [9.17, 15) is 0 Å². The number of hydrogen-bond acceptors (Lipinski definition) is 0. The number of allylic oxidation sites excluding steroid dienone is 8. The molecule has 49 heavy (non-hydrogen) atoms. The van der Waals surface area contributed by atoms with E-state index in [1.807, 2.05) is 0 Å². The topological polar surface area (TPSA) is 0 Å². The predicted molar refractivity (Wildman–Crippen MR) is 210 cm³/mol. The van der Waals surface area contributed by atoms with Gasteiger partial charge in [-0.15, -0.1) is 11.6 Å². The van der Waals surface area contributed by atoms with Crippen LogP contribution in [0.15, 0.2) is 90.0 Å². The summed E-state index contributed by atoms with van der Waals surface area (Å²) in [4.78, 5) is 0. The van der Waals surface area contributed by atoms with Crippen molar-refractivity contribution in [1.29, 1.82) is 0 Å². The van der Waals surface area contributed by atoms with Crippen molar-refractivity contribution in [3.63, 3.8) is 0 Å². The quantitative estimate of drug-likeness (QED) is 0.159. The fraction of sp³-hybridized carbons (Fsp3) is 0.354. The van der Waals surface area contributed by atoms with Crippen LogP contribution in [0.25, 0.3) is 33.0 Å². The van der Waals surface area contributed by atoms with E-state index in [4.69, 9.17) is 0 Å². The summed E-state index contributed by atoms with van der Waals surface area (Å²) in [7, 11) is 0. The van der Waals surface area contributed by atoms with Crippen LogP contribution in [-0.4, -0.2) is 3.71 Å². The molecule has 0 N–H and O–H groups in total. The van der Waals surface area contributed by atoms with Gasteiger partial charge in [-0.3, -0.25) is 12.2 Å². The molecule has 0 amide bonds. The minimum atomic E-state index is 0.0340. The van der Waals surface area contributed by atoms with Gasteiger partial charge in [-0.2, -0.15) is 17.2 Å². The van der Waals surface area contributed by atoms with Gasteiger partial charge in [-0.1, -0.05) is 111 Å². The van der Waals surface area contributed by atoms with Gasteiger partial charge in [0.05, 0.1) is 0 Å². The summed E-state index contributed by atoms with van der Waals surface area (Å²) >= 11 is 1.46. The van der Waals surface area contributed by atoms with Crippen LogP contribution in [0.4, 0.5) is 0 Å². The zero-order chi connectivity index (χ0) is 35.5. The Morgan fingerprint density at radius 2 is 1.47 bits per heavy atom. The molecule has 1 unspecified atom stereocenters. The van der Waals surface area contributed by atoms with Gasteiger partial charge in [-0.25, -0.2) is 11.1 Å². The van der Waals surface area contributed by atoms with Crippen LogP contribution in [-0.2, 0) is 41.5 Å². The van der Waals surface area contributed by atoms with Crippen LogP contribution in [0.3, 0.4) is 0 Å². The van der Waals surface area contributed by atoms with Gasteiger partial charge >= 0.3 is 86.7 Å². The Hall–Kier alpha value is -3.15. The Labute approximate surface area is 311 Å². The molecule has 4 aliphatic carbocycles. The average molecular weight is 720 g/mol. The van der Waals surface area contributed by atoms with E-state index in [0.717, 1.165) is 12.8 Å². The first-order valence-corrected chi connectivity index (χ1v) is 19.5. The molecule has 0 spiro atoms. The average Bonchev–Trinajstić information content (AvgIpc) is 3.74. The molecule has 4 aliphatic rings. The van der Waals surface area contributed by atoms with Gasteiger partial charge in [-0.05, 0) is 58.4 Å². The molecular weight excluding hydrogens is 668 g/mol. The molecule has 4 aromatic carbocycles. The first kappa shape index (κ1) is 35.7. The van der Waals surface area contributed by atoms with Gasteiger partial charge < -0.3 is 0 Å².